The van der Waals surface area contributed by atoms with Gasteiger partial charge >= 0.3 is 5.97 Å². The molecule has 0 saturated heterocycles. The first-order chi connectivity index (χ1) is 11.2. The third-order valence-corrected chi connectivity index (χ3v) is 4.63. The zero-order chi connectivity index (χ0) is 17.2. The number of unbranched alkanes of at least 4 members (excludes halogenated alkanes) is 15. The summed E-state index contributed by atoms with van der Waals surface area (Å²) in [5, 5.41) is 8.71. The van der Waals surface area contributed by atoms with Crippen LogP contribution in [-0.2, 0) is 4.79 Å². The van der Waals surface area contributed by atoms with Gasteiger partial charge in [-0.3, -0.25) is 0 Å². The van der Waals surface area contributed by atoms with Crippen molar-refractivity contribution in [3.8, 4) is 0 Å². The summed E-state index contributed by atoms with van der Waals surface area (Å²) < 4.78 is 0. The number of carbonyl (C=O) groups is 1. The number of hydrogen-bond acceptors (Lipinski definition) is 1. The summed E-state index contributed by atoms with van der Waals surface area (Å²) in [5.41, 5.74) is 0.357. The lowest BCUT2D eigenvalue weighted by Crippen LogP contribution is -1.98. The highest BCUT2D eigenvalue weighted by Gasteiger charge is 2.02. The summed E-state index contributed by atoms with van der Waals surface area (Å²) in [6.07, 6.45) is 22.2. The molecule has 0 aliphatic heterocycles. The van der Waals surface area contributed by atoms with Gasteiger partial charge in [-0.25, -0.2) is 4.79 Å². The van der Waals surface area contributed by atoms with Crippen molar-refractivity contribution in [1.29, 1.82) is 0 Å². The topological polar surface area (TPSA) is 37.3 Å². The first kappa shape index (κ1) is 22.2. The number of carboxylic acid groups (broad SMARTS) is 1. The van der Waals surface area contributed by atoms with Gasteiger partial charge in [0.05, 0.1) is 0 Å². The summed E-state index contributed by atoms with van der Waals surface area (Å²) in [4.78, 5) is 10.6. The Morgan fingerprint density at radius 3 is 1.26 bits per heavy atom. The molecular formula is C21H40O2. The summed E-state index contributed by atoms with van der Waals surface area (Å²) in [7, 11) is 0. The Kier molecular flexibility index (Phi) is 17.0. The van der Waals surface area contributed by atoms with Gasteiger partial charge in [-0.2, -0.15) is 0 Å². The van der Waals surface area contributed by atoms with E-state index in [9.17, 15) is 4.79 Å². The molecule has 2 heteroatoms. The molecule has 0 unspecified atom stereocenters. The minimum absolute atomic E-state index is 0.357. The summed E-state index contributed by atoms with van der Waals surface area (Å²) >= 11 is 0. The molecule has 0 aromatic rings. The second-order valence-electron chi connectivity index (χ2n) is 6.96. The van der Waals surface area contributed by atoms with Crippen molar-refractivity contribution in [2.45, 2.75) is 116 Å². The number of rotatable bonds is 18. The average molecular weight is 325 g/mol. The molecule has 136 valence electrons. The lowest BCUT2D eigenvalue weighted by atomic mass is 10.0. The second kappa shape index (κ2) is 17.6. The molecule has 0 fully saturated rings. The average Bonchev–Trinajstić information content (AvgIpc) is 2.54. The van der Waals surface area contributed by atoms with Crippen LogP contribution in [0.2, 0.25) is 0 Å². The van der Waals surface area contributed by atoms with E-state index < -0.39 is 5.97 Å². The van der Waals surface area contributed by atoms with Crippen molar-refractivity contribution in [3.63, 3.8) is 0 Å². The molecule has 0 heterocycles. The van der Waals surface area contributed by atoms with Crippen LogP contribution in [0.3, 0.4) is 0 Å². The SMILES string of the molecule is C=C(CCCCCCCCCCCCCCCCCC)C(=O)O. The minimum Gasteiger partial charge on any atom is -0.478 e. The molecule has 0 aliphatic rings. The van der Waals surface area contributed by atoms with Gasteiger partial charge in [-0.05, 0) is 12.8 Å². The van der Waals surface area contributed by atoms with Gasteiger partial charge < -0.3 is 5.11 Å². The lowest BCUT2D eigenvalue weighted by molar-refractivity contribution is -0.132. The predicted molar refractivity (Wildman–Crippen MR) is 101 cm³/mol. The number of carboxylic acids is 1. The first-order valence-electron chi connectivity index (χ1n) is 10.1. The molecule has 0 atom stereocenters. The normalized spacial score (nSPS) is 10.8. The fraction of sp³-hybridized carbons (Fsp3) is 0.857. The summed E-state index contributed by atoms with van der Waals surface area (Å²) in [5.74, 6) is -0.842. The Balaban J connectivity index is 3.05. The number of aliphatic carboxylic acids is 1. The van der Waals surface area contributed by atoms with Gasteiger partial charge in [0.25, 0.3) is 0 Å². The fourth-order valence-electron chi connectivity index (χ4n) is 2.99. The molecule has 0 bridgehead atoms. The maximum Gasteiger partial charge on any atom is 0.330 e. The van der Waals surface area contributed by atoms with Crippen molar-refractivity contribution < 1.29 is 9.90 Å². The maximum absolute atomic E-state index is 10.6. The Hall–Kier alpha value is -0.790. The van der Waals surface area contributed by atoms with E-state index in [0.717, 1.165) is 12.8 Å². The Morgan fingerprint density at radius 1 is 0.652 bits per heavy atom. The third-order valence-electron chi connectivity index (χ3n) is 4.63. The van der Waals surface area contributed by atoms with Crippen LogP contribution in [0.5, 0.6) is 0 Å². The van der Waals surface area contributed by atoms with E-state index in [1.165, 1.54) is 89.9 Å². The van der Waals surface area contributed by atoms with Gasteiger partial charge in [0.15, 0.2) is 0 Å². The van der Waals surface area contributed by atoms with E-state index in [1.807, 2.05) is 0 Å². The van der Waals surface area contributed by atoms with E-state index in [-0.39, 0.29) is 0 Å². The Morgan fingerprint density at radius 2 is 0.957 bits per heavy atom. The maximum atomic E-state index is 10.6. The van der Waals surface area contributed by atoms with Crippen molar-refractivity contribution >= 4 is 5.97 Å². The predicted octanol–water partition coefficient (Wildman–Crippen LogP) is 7.28. The molecule has 2 nitrogen and oxygen atoms in total. The smallest absolute Gasteiger partial charge is 0.330 e. The molecular weight excluding hydrogens is 284 g/mol. The Bertz CT molecular complexity index is 284. The molecule has 0 aromatic heterocycles. The van der Waals surface area contributed by atoms with E-state index in [0.29, 0.717) is 12.0 Å². The lowest BCUT2D eigenvalue weighted by Gasteiger charge is -2.04. The van der Waals surface area contributed by atoms with Crippen molar-refractivity contribution in [1.82, 2.24) is 0 Å². The second-order valence-corrected chi connectivity index (χ2v) is 6.96. The number of hydrogen-bond donors (Lipinski definition) is 1. The highest BCUT2D eigenvalue weighted by atomic mass is 16.4. The highest BCUT2D eigenvalue weighted by molar-refractivity contribution is 5.85. The molecule has 0 aromatic carbocycles. The van der Waals surface area contributed by atoms with Gasteiger partial charge in [0.2, 0.25) is 0 Å². The molecule has 0 amide bonds. The fourth-order valence-corrected chi connectivity index (χ4v) is 2.99. The molecule has 0 spiro atoms. The largest absolute Gasteiger partial charge is 0.478 e. The molecule has 0 radical (unpaired) electrons. The van der Waals surface area contributed by atoms with Crippen LogP contribution in [0, 0.1) is 0 Å². The van der Waals surface area contributed by atoms with Crippen LogP contribution in [0.25, 0.3) is 0 Å². The van der Waals surface area contributed by atoms with E-state index in [2.05, 4.69) is 13.5 Å². The van der Waals surface area contributed by atoms with Crippen LogP contribution in [0.4, 0.5) is 0 Å². The molecule has 0 aliphatic carbocycles. The van der Waals surface area contributed by atoms with Crippen molar-refractivity contribution in [2.24, 2.45) is 0 Å². The van der Waals surface area contributed by atoms with Crippen molar-refractivity contribution in [3.05, 3.63) is 12.2 Å². The van der Waals surface area contributed by atoms with E-state index in [1.54, 1.807) is 0 Å². The van der Waals surface area contributed by atoms with Gasteiger partial charge in [0, 0.05) is 5.57 Å². The highest BCUT2D eigenvalue weighted by Crippen LogP contribution is 2.14. The van der Waals surface area contributed by atoms with Crippen molar-refractivity contribution in [2.75, 3.05) is 0 Å². The van der Waals surface area contributed by atoms with E-state index in [4.69, 9.17) is 5.11 Å². The standard InChI is InChI=1S/C21H40O2/c1-3-4-5-6-7-8-9-10-11-12-13-14-15-16-17-18-19-20(2)21(22)23/h2-19H2,1H3,(H,22,23). The Labute approximate surface area is 144 Å². The molecule has 23 heavy (non-hydrogen) atoms. The van der Waals surface area contributed by atoms with Crippen LogP contribution in [0.15, 0.2) is 12.2 Å². The van der Waals surface area contributed by atoms with Crippen LogP contribution in [0.1, 0.15) is 116 Å². The molecule has 0 saturated carbocycles. The third kappa shape index (κ3) is 17.4. The van der Waals surface area contributed by atoms with Gasteiger partial charge in [-0.15, -0.1) is 0 Å². The van der Waals surface area contributed by atoms with Crippen LogP contribution < -0.4 is 0 Å². The minimum atomic E-state index is -0.842. The van der Waals surface area contributed by atoms with E-state index >= 15 is 0 Å². The van der Waals surface area contributed by atoms with Gasteiger partial charge in [0.1, 0.15) is 0 Å². The first-order valence-corrected chi connectivity index (χ1v) is 10.1. The van der Waals surface area contributed by atoms with Crippen LogP contribution in [-0.4, -0.2) is 11.1 Å². The zero-order valence-electron chi connectivity index (χ0n) is 15.6. The molecule has 0 rings (SSSR count). The van der Waals surface area contributed by atoms with Gasteiger partial charge in [-0.1, -0.05) is 110 Å². The quantitative estimate of drug-likeness (QED) is 0.212. The summed E-state index contributed by atoms with van der Waals surface area (Å²) in [6.45, 7) is 5.84. The monoisotopic (exact) mass is 324 g/mol. The molecule has 1 N–H and O–H groups in total. The van der Waals surface area contributed by atoms with Crippen LogP contribution >= 0.6 is 0 Å². The summed E-state index contributed by atoms with van der Waals surface area (Å²) in [6, 6.07) is 0. The zero-order valence-corrected chi connectivity index (χ0v) is 15.6.